The van der Waals surface area contributed by atoms with E-state index in [0.717, 1.165) is 36.6 Å². The summed E-state index contributed by atoms with van der Waals surface area (Å²) in [6.07, 6.45) is 7.99. The lowest BCUT2D eigenvalue weighted by Gasteiger charge is -2.28. The molecule has 138 valence electrons. The number of ketones is 1. The van der Waals surface area contributed by atoms with Crippen LogP contribution in [0, 0.1) is 0 Å². The van der Waals surface area contributed by atoms with Gasteiger partial charge in [0.15, 0.2) is 0 Å². The van der Waals surface area contributed by atoms with Gasteiger partial charge in [-0.2, -0.15) is 0 Å². The lowest BCUT2D eigenvalue weighted by atomic mass is 9.92. The van der Waals surface area contributed by atoms with Gasteiger partial charge >= 0.3 is 6.01 Å². The molecule has 7 heteroatoms. The first kappa shape index (κ1) is 17.2. The maximum atomic E-state index is 12.5. The summed E-state index contributed by atoms with van der Waals surface area (Å²) in [7, 11) is 0. The van der Waals surface area contributed by atoms with Crippen LogP contribution in [0.25, 0.3) is 10.9 Å². The van der Waals surface area contributed by atoms with E-state index in [0.29, 0.717) is 11.6 Å². The van der Waals surface area contributed by atoms with Crippen LogP contribution in [0.3, 0.4) is 0 Å². The molecule has 0 spiro atoms. The number of nitrogens with one attached hydrogen (secondary N) is 2. The molecule has 1 aliphatic carbocycles. The zero-order valence-electron chi connectivity index (χ0n) is 14.7. The molecule has 1 amide bonds. The minimum Gasteiger partial charge on any atom is -0.460 e. The van der Waals surface area contributed by atoms with Gasteiger partial charge in [0.1, 0.15) is 6.10 Å². The Morgan fingerprint density at radius 1 is 1.04 bits per heavy atom. The second-order valence-electron chi connectivity index (χ2n) is 6.67. The SMILES string of the molecule is O=C(NC1CCC(Oc2ncccn2)CC1)C(=O)c1c[nH]c2ccccc12. The second-order valence-corrected chi connectivity index (χ2v) is 6.67. The predicted octanol–water partition coefficient (Wildman–Crippen LogP) is 2.65. The minimum absolute atomic E-state index is 0.0248. The molecule has 2 heterocycles. The van der Waals surface area contributed by atoms with Crippen molar-refractivity contribution in [3.63, 3.8) is 0 Å². The Labute approximate surface area is 156 Å². The van der Waals surface area contributed by atoms with Crippen LogP contribution in [0.1, 0.15) is 36.0 Å². The third kappa shape index (κ3) is 3.81. The van der Waals surface area contributed by atoms with Gasteiger partial charge < -0.3 is 15.0 Å². The summed E-state index contributed by atoms with van der Waals surface area (Å²) in [5.41, 5.74) is 1.25. The lowest BCUT2D eigenvalue weighted by molar-refractivity contribution is -0.118. The van der Waals surface area contributed by atoms with Crippen molar-refractivity contribution in [2.24, 2.45) is 0 Å². The van der Waals surface area contributed by atoms with Crippen LogP contribution in [0.4, 0.5) is 0 Å². The van der Waals surface area contributed by atoms with Crippen molar-refractivity contribution in [1.29, 1.82) is 0 Å². The van der Waals surface area contributed by atoms with E-state index in [1.54, 1.807) is 24.7 Å². The number of Topliss-reactive ketones (excluding diaryl/α,β-unsaturated/α-hetero) is 1. The van der Waals surface area contributed by atoms with Gasteiger partial charge in [0, 0.05) is 35.5 Å². The number of fused-ring (bicyclic) bond motifs is 1. The number of carbonyl (C=O) groups excluding carboxylic acids is 2. The number of rotatable bonds is 5. The molecular formula is C20H20N4O3. The molecule has 7 nitrogen and oxygen atoms in total. The number of hydrogen-bond acceptors (Lipinski definition) is 5. The standard InChI is InChI=1S/C20H20N4O3/c25-18(16-12-23-17-5-2-1-4-15(16)17)19(26)24-13-6-8-14(9-7-13)27-20-21-10-3-11-22-20/h1-5,10-14,23H,6-9H2,(H,24,26). The van der Waals surface area contributed by atoms with Gasteiger partial charge in [-0.05, 0) is 37.8 Å². The number of aromatic amines is 1. The van der Waals surface area contributed by atoms with Gasteiger partial charge in [-0.15, -0.1) is 0 Å². The van der Waals surface area contributed by atoms with Gasteiger partial charge in [0.2, 0.25) is 0 Å². The van der Waals surface area contributed by atoms with E-state index < -0.39 is 11.7 Å². The van der Waals surface area contributed by atoms with E-state index in [1.807, 2.05) is 24.3 Å². The largest absolute Gasteiger partial charge is 0.460 e. The summed E-state index contributed by atoms with van der Waals surface area (Å²) in [4.78, 5) is 36.1. The molecule has 0 bridgehead atoms. The molecule has 2 aromatic heterocycles. The molecule has 1 aromatic carbocycles. The first-order chi connectivity index (χ1) is 13.2. The summed E-state index contributed by atoms with van der Waals surface area (Å²) < 4.78 is 5.76. The van der Waals surface area contributed by atoms with Crippen molar-refractivity contribution in [2.75, 3.05) is 0 Å². The van der Waals surface area contributed by atoms with E-state index in [-0.39, 0.29) is 12.1 Å². The highest BCUT2D eigenvalue weighted by atomic mass is 16.5. The molecule has 0 aliphatic heterocycles. The van der Waals surface area contributed by atoms with E-state index in [1.165, 1.54) is 0 Å². The van der Waals surface area contributed by atoms with Crippen molar-refractivity contribution in [3.05, 3.63) is 54.5 Å². The monoisotopic (exact) mass is 364 g/mol. The number of carbonyl (C=O) groups is 2. The summed E-state index contributed by atoms with van der Waals surface area (Å²) in [6, 6.07) is 9.53. The van der Waals surface area contributed by atoms with Crippen LogP contribution >= 0.6 is 0 Å². The Bertz CT molecular complexity index is 946. The molecule has 1 saturated carbocycles. The average Bonchev–Trinajstić information content (AvgIpc) is 3.14. The van der Waals surface area contributed by atoms with Crippen molar-refractivity contribution >= 4 is 22.6 Å². The Morgan fingerprint density at radius 2 is 1.78 bits per heavy atom. The number of hydrogen-bond donors (Lipinski definition) is 2. The summed E-state index contributed by atoms with van der Waals surface area (Å²) in [5, 5.41) is 3.63. The highest BCUT2D eigenvalue weighted by molar-refractivity contribution is 6.45. The van der Waals surface area contributed by atoms with Crippen LogP contribution in [-0.2, 0) is 4.79 Å². The number of benzene rings is 1. The number of para-hydroxylation sites is 1. The molecule has 1 fully saturated rings. The maximum absolute atomic E-state index is 12.5. The summed E-state index contributed by atoms with van der Waals surface area (Å²) >= 11 is 0. The van der Waals surface area contributed by atoms with Crippen LogP contribution in [0.5, 0.6) is 6.01 Å². The fourth-order valence-corrected chi connectivity index (χ4v) is 3.45. The number of nitrogens with zero attached hydrogens (tertiary/aromatic N) is 2. The summed E-state index contributed by atoms with van der Waals surface area (Å²) in [5.74, 6) is -1.07. The zero-order chi connectivity index (χ0) is 18.6. The fraction of sp³-hybridized carbons (Fsp3) is 0.300. The first-order valence-corrected chi connectivity index (χ1v) is 9.05. The Hall–Kier alpha value is -3.22. The number of ether oxygens (including phenoxy) is 1. The van der Waals surface area contributed by atoms with Crippen LogP contribution in [0.15, 0.2) is 48.9 Å². The van der Waals surface area contributed by atoms with Gasteiger partial charge in [-0.25, -0.2) is 9.97 Å². The van der Waals surface area contributed by atoms with Crippen LogP contribution < -0.4 is 10.1 Å². The normalized spacial score (nSPS) is 19.6. The second kappa shape index (κ2) is 7.57. The van der Waals surface area contributed by atoms with Gasteiger partial charge in [-0.3, -0.25) is 9.59 Å². The van der Waals surface area contributed by atoms with E-state index in [2.05, 4.69) is 20.3 Å². The van der Waals surface area contributed by atoms with Crippen LogP contribution in [0.2, 0.25) is 0 Å². The van der Waals surface area contributed by atoms with Crippen molar-refractivity contribution in [1.82, 2.24) is 20.3 Å². The van der Waals surface area contributed by atoms with Crippen molar-refractivity contribution < 1.29 is 14.3 Å². The molecule has 1 aliphatic rings. The molecule has 2 N–H and O–H groups in total. The number of H-pyrrole nitrogens is 1. The Balaban J connectivity index is 1.32. The molecule has 0 saturated heterocycles. The molecule has 27 heavy (non-hydrogen) atoms. The Kier molecular flexibility index (Phi) is 4.82. The molecule has 4 rings (SSSR count). The van der Waals surface area contributed by atoms with Gasteiger partial charge in [-0.1, -0.05) is 18.2 Å². The number of aromatic nitrogens is 3. The van der Waals surface area contributed by atoms with Gasteiger partial charge in [0.05, 0.1) is 5.56 Å². The van der Waals surface area contributed by atoms with Crippen molar-refractivity contribution in [3.8, 4) is 6.01 Å². The van der Waals surface area contributed by atoms with E-state index in [9.17, 15) is 9.59 Å². The third-order valence-corrected chi connectivity index (χ3v) is 4.86. The molecule has 0 unspecified atom stereocenters. The van der Waals surface area contributed by atoms with E-state index in [4.69, 9.17) is 4.74 Å². The number of amides is 1. The van der Waals surface area contributed by atoms with Gasteiger partial charge in [0.25, 0.3) is 11.7 Å². The minimum atomic E-state index is -0.560. The highest BCUT2D eigenvalue weighted by Crippen LogP contribution is 2.23. The summed E-state index contributed by atoms with van der Waals surface area (Å²) in [6.45, 7) is 0. The quantitative estimate of drug-likeness (QED) is 0.536. The average molecular weight is 364 g/mol. The fourth-order valence-electron chi connectivity index (χ4n) is 3.45. The first-order valence-electron chi connectivity index (χ1n) is 9.05. The van der Waals surface area contributed by atoms with Crippen LogP contribution in [-0.4, -0.2) is 38.8 Å². The topological polar surface area (TPSA) is 97.0 Å². The highest BCUT2D eigenvalue weighted by Gasteiger charge is 2.27. The molecule has 3 aromatic rings. The van der Waals surface area contributed by atoms with E-state index >= 15 is 0 Å². The van der Waals surface area contributed by atoms with Crippen molar-refractivity contribution in [2.45, 2.75) is 37.8 Å². The third-order valence-electron chi connectivity index (χ3n) is 4.86. The lowest BCUT2D eigenvalue weighted by Crippen LogP contribution is -2.42. The molecular weight excluding hydrogens is 344 g/mol. The maximum Gasteiger partial charge on any atom is 0.316 e. The Morgan fingerprint density at radius 3 is 2.56 bits per heavy atom. The predicted molar refractivity (Wildman–Crippen MR) is 99.5 cm³/mol. The molecule has 0 atom stereocenters. The molecule has 0 radical (unpaired) electrons. The smallest absolute Gasteiger partial charge is 0.316 e. The zero-order valence-corrected chi connectivity index (χ0v) is 14.7.